The van der Waals surface area contributed by atoms with Crippen LogP contribution in [0.4, 0.5) is 0 Å². The Morgan fingerprint density at radius 1 is 1.17 bits per heavy atom. The van der Waals surface area contributed by atoms with Crippen molar-refractivity contribution < 1.29 is 0 Å². The van der Waals surface area contributed by atoms with Gasteiger partial charge >= 0.3 is 0 Å². The summed E-state index contributed by atoms with van der Waals surface area (Å²) in [6, 6.07) is 9.37. The molecule has 4 nitrogen and oxygen atoms in total. The molecule has 2 saturated heterocycles. The summed E-state index contributed by atoms with van der Waals surface area (Å²) in [5.41, 5.74) is 4.99. The van der Waals surface area contributed by atoms with Gasteiger partial charge in [-0.25, -0.2) is 0 Å². The molecule has 2 aliphatic rings. The number of rotatable bonds is 3. The molecule has 0 aliphatic carbocycles. The summed E-state index contributed by atoms with van der Waals surface area (Å²) < 4.78 is 0. The molecule has 0 saturated carbocycles. The molecule has 2 atom stereocenters. The number of benzene rings is 1. The number of H-pyrrole nitrogens is 1. The third-order valence-electron chi connectivity index (χ3n) is 4.89. The van der Waals surface area contributed by atoms with Crippen LogP contribution in [0, 0.1) is 12.8 Å². The fourth-order valence-corrected chi connectivity index (χ4v) is 3.71. The van der Waals surface area contributed by atoms with E-state index >= 15 is 0 Å². The molecule has 0 radical (unpaired) electrons. The molecule has 23 heavy (non-hydrogen) atoms. The number of aryl methyl sites for hydroxylation is 1. The zero-order valence-corrected chi connectivity index (χ0v) is 14.9. The zero-order valence-electron chi connectivity index (χ0n) is 13.3. The SMILES string of the molecule is Cc1ccc(-c2[nH]ncc2CN2C[C@@H]3CCN[C@@H]3C2)cc1.Cl.Cl. The van der Waals surface area contributed by atoms with Gasteiger partial charge < -0.3 is 5.32 Å². The fourth-order valence-electron chi connectivity index (χ4n) is 3.71. The first-order chi connectivity index (χ1) is 10.3. The van der Waals surface area contributed by atoms with Crippen LogP contribution in [0.15, 0.2) is 30.5 Å². The lowest BCUT2D eigenvalue weighted by molar-refractivity contribution is 0.307. The van der Waals surface area contributed by atoms with Gasteiger partial charge in [-0.2, -0.15) is 5.10 Å². The van der Waals surface area contributed by atoms with Crippen LogP contribution in [0.25, 0.3) is 11.3 Å². The quantitative estimate of drug-likeness (QED) is 0.890. The molecule has 4 rings (SSSR count). The van der Waals surface area contributed by atoms with Crippen molar-refractivity contribution in [2.75, 3.05) is 19.6 Å². The molecule has 6 heteroatoms. The van der Waals surface area contributed by atoms with Gasteiger partial charge in [-0.15, -0.1) is 24.8 Å². The molecule has 2 aliphatic heterocycles. The normalized spacial score (nSPS) is 23.2. The van der Waals surface area contributed by atoms with E-state index in [1.165, 1.54) is 48.4 Å². The number of hydrogen-bond acceptors (Lipinski definition) is 3. The molecule has 2 N–H and O–H groups in total. The molecule has 126 valence electrons. The van der Waals surface area contributed by atoms with Crippen molar-refractivity contribution in [1.82, 2.24) is 20.4 Å². The average molecular weight is 355 g/mol. The molecule has 2 aromatic rings. The van der Waals surface area contributed by atoms with Gasteiger partial charge in [0.25, 0.3) is 0 Å². The van der Waals surface area contributed by atoms with Crippen molar-refractivity contribution in [2.24, 2.45) is 5.92 Å². The third-order valence-corrected chi connectivity index (χ3v) is 4.89. The second kappa shape index (κ2) is 7.67. The first-order valence-corrected chi connectivity index (χ1v) is 7.84. The molecule has 0 spiro atoms. The summed E-state index contributed by atoms with van der Waals surface area (Å²) >= 11 is 0. The fraction of sp³-hybridized carbons (Fsp3) is 0.471. The van der Waals surface area contributed by atoms with Crippen LogP contribution >= 0.6 is 24.8 Å². The molecule has 1 aromatic heterocycles. The van der Waals surface area contributed by atoms with E-state index in [-0.39, 0.29) is 24.8 Å². The first-order valence-electron chi connectivity index (χ1n) is 7.84. The maximum absolute atomic E-state index is 4.27. The number of aromatic nitrogens is 2. The molecular formula is C17H24Cl2N4. The van der Waals surface area contributed by atoms with Crippen molar-refractivity contribution in [1.29, 1.82) is 0 Å². The lowest BCUT2D eigenvalue weighted by Crippen LogP contribution is -2.29. The van der Waals surface area contributed by atoms with Crippen molar-refractivity contribution in [3.05, 3.63) is 41.6 Å². The Morgan fingerprint density at radius 2 is 1.96 bits per heavy atom. The minimum atomic E-state index is 0. The summed E-state index contributed by atoms with van der Waals surface area (Å²) in [4.78, 5) is 2.56. The smallest absolute Gasteiger partial charge is 0.0695 e. The van der Waals surface area contributed by atoms with Gasteiger partial charge in [0.15, 0.2) is 0 Å². The second-order valence-electron chi connectivity index (χ2n) is 6.44. The van der Waals surface area contributed by atoms with E-state index in [1.54, 1.807) is 0 Å². The van der Waals surface area contributed by atoms with Crippen LogP contribution in [-0.4, -0.2) is 40.8 Å². The highest BCUT2D eigenvalue weighted by Crippen LogP contribution is 2.28. The van der Waals surface area contributed by atoms with E-state index in [4.69, 9.17) is 0 Å². The Hall–Kier alpha value is -1.07. The molecule has 2 fully saturated rings. The topological polar surface area (TPSA) is 44.0 Å². The molecule has 1 aromatic carbocycles. The maximum Gasteiger partial charge on any atom is 0.0695 e. The van der Waals surface area contributed by atoms with Crippen LogP contribution < -0.4 is 5.32 Å². The summed E-state index contributed by atoms with van der Waals surface area (Å²) in [7, 11) is 0. The summed E-state index contributed by atoms with van der Waals surface area (Å²) in [6.45, 7) is 6.70. The Labute approximate surface area is 149 Å². The van der Waals surface area contributed by atoms with Gasteiger partial charge in [0, 0.05) is 31.2 Å². The Bertz CT molecular complexity index is 614. The Balaban J connectivity index is 0.000000960. The van der Waals surface area contributed by atoms with Gasteiger partial charge in [0.05, 0.1) is 11.9 Å². The van der Waals surface area contributed by atoms with Crippen LogP contribution in [0.3, 0.4) is 0 Å². The van der Waals surface area contributed by atoms with Gasteiger partial charge in [-0.3, -0.25) is 10.00 Å². The van der Waals surface area contributed by atoms with E-state index in [9.17, 15) is 0 Å². The number of halogens is 2. The maximum atomic E-state index is 4.27. The third kappa shape index (κ3) is 3.72. The number of nitrogens with one attached hydrogen (secondary N) is 2. The molecule has 0 amide bonds. The number of likely N-dealkylation sites (tertiary alicyclic amines) is 1. The van der Waals surface area contributed by atoms with Crippen molar-refractivity contribution in [2.45, 2.75) is 25.9 Å². The van der Waals surface area contributed by atoms with Gasteiger partial charge in [0.1, 0.15) is 0 Å². The van der Waals surface area contributed by atoms with E-state index in [0.717, 1.165) is 12.5 Å². The van der Waals surface area contributed by atoms with E-state index in [2.05, 4.69) is 51.6 Å². The van der Waals surface area contributed by atoms with Crippen LogP contribution in [0.5, 0.6) is 0 Å². The standard InChI is InChI=1S/C17H22N4.2ClH/c1-12-2-4-13(5-3-12)17-15(8-19-20-17)10-21-9-14-6-7-18-16(14)11-21;;/h2-5,8,14,16,18H,6-7,9-11H2,1H3,(H,19,20);2*1H/t14-,16+;;/m0../s1. The number of fused-ring (bicyclic) bond motifs is 1. The Kier molecular flexibility index (Phi) is 6.09. The van der Waals surface area contributed by atoms with E-state index in [0.29, 0.717) is 6.04 Å². The van der Waals surface area contributed by atoms with Gasteiger partial charge in [-0.1, -0.05) is 29.8 Å². The second-order valence-corrected chi connectivity index (χ2v) is 6.44. The summed E-state index contributed by atoms with van der Waals surface area (Å²) in [5, 5.41) is 11.1. The van der Waals surface area contributed by atoms with Crippen LogP contribution in [-0.2, 0) is 6.54 Å². The first kappa shape index (κ1) is 18.3. The minimum Gasteiger partial charge on any atom is -0.312 e. The van der Waals surface area contributed by atoms with Crippen LogP contribution in [0.2, 0.25) is 0 Å². The largest absolute Gasteiger partial charge is 0.312 e. The predicted molar refractivity (Wildman–Crippen MR) is 98.4 cm³/mol. The minimum absolute atomic E-state index is 0. The van der Waals surface area contributed by atoms with Crippen molar-refractivity contribution >= 4 is 24.8 Å². The van der Waals surface area contributed by atoms with Crippen LogP contribution in [0.1, 0.15) is 17.5 Å². The molecule has 0 bridgehead atoms. The highest BCUT2D eigenvalue weighted by molar-refractivity contribution is 5.85. The number of aromatic amines is 1. The van der Waals surface area contributed by atoms with Gasteiger partial charge in [-0.05, 0) is 31.4 Å². The summed E-state index contributed by atoms with van der Waals surface area (Å²) in [5.74, 6) is 0.847. The lowest BCUT2D eigenvalue weighted by Gasteiger charge is -2.16. The zero-order chi connectivity index (χ0) is 14.2. The number of nitrogens with zero attached hydrogens (tertiary/aromatic N) is 2. The van der Waals surface area contributed by atoms with Crippen molar-refractivity contribution in [3.8, 4) is 11.3 Å². The monoisotopic (exact) mass is 354 g/mol. The number of hydrogen-bond donors (Lipinski definition) is 2. The van der Waals surface area contributed by atoms with Crippen molar-refractivity contribution in [3.63, 3.8) is 0 Å². The highest BCUT2D eigenvalue weighted by Gasteiger charge is 2.35. The Morgan fingerprint density at radius 3 is 2.70 bits per heavy atom. The average Bonchev–Trinajstić information content (AvgIpc) is 3.16. The highest BCUT2D eigenvalue weighted by atomic mass is 35.5. The molecule has 0 unspecified atom stereocenters. The van der Waals surface area contributed by atoms with E-state index in [1.807, 2.05) is 6.20 Å². The predicted octanol–water partition coefficient (Wildman–Crippen LogP) is 3.02. The summed E-state index contributed by atoms with van der Waals surface area (Å²) in [6.07, 6.45) is 3.31. The molecular weight excluding hydrogens is 331 g/mol. The van der Waals surface area contributed by atoms with Gasteiger partial charge in [0.2, 0.25) is 0 Å². The molecule has 3 heterocycles. The lowest BCUT2D eigenvalue weighted by atomic mass is 10.1. The van der Waals surface area contributed by atoms with E-state index < -0.39 is 0 Å².